The van der Waals surface area contributed by atoms with Gasteiger partial charge in [0, 0.05) is 37.3 Å². The second-order valence-corrected chi connectivity index (χ2v) is 7.49. The molecule has 0 atom stereocenters. The topological polar surface area (TPSA) is 57.4 Å². The highest BCUT2D eigenvalue weighted by atomic mass is 16.5. The molecule has 5 nitrogen and oxygen atoms in total. The van der Waals surface area contributed by atoms with E-state index in [-0.39, 0.29) is 5.41 Å². The van der Waals surface area contributed by atoms with E-state index < -0.39 is 0 Å². The Morgan fingerprint density at radius 2 is 2.08 bits per heavy atom. The van der Waals surface area contributed by atoms with E-state index in [4.69, 9.17) is 4.74 Å². The van der Waals surface area contributed by atoms with Crippen molar-refractivity contribution in [2.24, 2.45) is 5.41 Å². The van der Waals surface area contributed by atoms with Crippen LogP contribution >= 0.6 is 0 Å². The van der Waals surface area contributed by atoms with Crippen LogP contribution < -0.4 is 5.32 Å². The maximum absolute atomic E-state index is 13.2. The molecule has 3 heterocycles. The van der Waals surface area contributed by atoms with Gasteiger partial charge in [-0.15, -0.1) is 0 Å². The van der Waals surface area contributed by atoms with Crippen LogP contribution in [0.1, 0.15) is 36.8 Å². The summed E-state index contributed by atoms with van der Waals surface area (Å²) in [7, 11) is 1.72. The van der Waals surface area contributed by atoms with Crippen LogP contribution in [-0.4, -0.2) is 42.5 Å². The maximum Gasteiger partial charge on any atom is 0.229 e. The number of ether oxygens (including phenoxy) is 1. The Morgan fingerprint density at radius 3 is 2.88 bits per heavy atom. The summed E-state index contributed by atoms with van der Waals surface area (Å²) in [5.74, 6) is 0.364. The molecule has 0 bridgehead atoms. The first-order valence-electron chi connectivity index (χ1n) is 9.30. The number of piperidine rings is 2. The molecule has 0 aliphatic carbocycles. The lowest BCUT2D eigenvalue weighted by atomic mass is 9.72. The van der Waals surface area contributed by atoms with Gasteiger partial charge in [-0.25, -0.2) is 0 Å². The number of benzene rings is 1. The third-order valence-corrected chi connectivity index (χ3v) is 5.89. The van der Waals surface area contributed by atoms with E-state index >= 15 is 0 Å². The van der Waals surface area contributed by atoms with Crippen LogP contribution in [0.15, 0.2) is 24.4 Å². The van der Waals surface area contributed by atoms with E-state index in [1.807, 2.05) is 0 Å². The molecule has 2 aliphatic heterocycles. The van der Waals surface area contributed by atoms with Crippen molar-refractivity contribution in [1.82, 2.24) is 15.2 Å². The van der Waals surface area contributed by atoms with Gasteiger partial charge in [-0.1, -0.05) is 6.07 Å². The quantitative estimate of drug-likeness (QED) is 0.899. The Hall–Kier alpha value is -1.85. The predicted octanol–water partition coefficient (Wildman–Crippen LogP) is 2.81. The number of H-pyrrole nitrogens is 1. The molecule has 2 saturated heterocycles. The average Bonchev–Trinajstić information content (AvgIpc) is 3.03. The zero-order valence-corrected chi connectivity index (χ0v) is 14.9. The second kappa shape index (κ2) is 6.81. The molecule has 4 rings (SSSR count). The lowest BCUT2D eigenvalue weighted by Gasteiger charge is -2.44. The summed E-state index contributed by atoms with van der Waals surface area (Å²) in [6, 6.07) is 6.36. The van der Waals surface area contributed by atoms with Gasteiger partial charge in [-0.3, -0.25) is 4.79 Å². The van der Waals surface area contributed by atoms with Crippen LogP contribution in [0.2, 0.25) is 0 Å². The Bertz CT molecular complexity index is 756. The Balaban J connectivity index is 1.58. The van der Waals surface area contributed by atoms with Crippen LogP contribution in [0, 0.1) is 5.41 Å². The molecular formula is C20H27N3O2. The van der Waals surface area contributed by atoms with E-state index in [2.05, 4.69) is 39.6 Å². The molecule has 25 heavy (non-hydrogen) atoms. The number of nitrogens with zero attached hydrogens (tertiary/aromatic N) is 1. The average molecular weight is 341 g/mol. The monoisotopic (exact) mass is 341 g/mol. The summed E-state index contributed by atoms with van der Waals surface area (Å²) in [6.45, 7) is 4.11. The second-order valence-electron chi connectivity index (χ2n) is 7.49. The Labute approximate surface area is 148 Å². The van der Waals surface area contributed by atoms with Crippen molar-refractivity contribution in [3.63, 3.8) is 0 Å². The van der Waals surface area contributed by atoms with Gasteiger partial charge in [0.25, 0.3) is 0 Å². The summed E-state index contributed by atoms with van der Waals surface area (Å²) in [4.78, 5) is 18.6. The maximum atomic E-state index is 13.2. The number of likely N-dealkylation sites (tertiary alicyclic amines) is 1. The van der Waals surface area contributed by atoms with Gasteiger partial charge >= 0.3 is 0 Å². The minimum absolute atomic E-state index is 0.114. The molecule has 1 aromatic carbocycles. The van der Waals surface area contributed by atoms with Crippen molar-refractivity contribution >= 4 is 16.8 Å². The standard InChI is InChI=1S/C20H27N3O2/c1-25-14-15-3-4-18-17(11-15)16(12-22-18)13-23-10-2-5-20(19(23)24)6-8-21-9-7-20/h3-4,11-12,21-22H,2,5-10,13-14H2,1H3. The number of amides is 1. The zero-order chi connectivity index (χ0) is 17.3. The lowest BCUT2D eigenvalue weighted by molar-refractivity contribution is -0.149. The summed E-state index contributed by atoms with van der Waals surface area (Å²) in [5.41, 5.74) is 3.37. The normalized spacial score (nSPS) is 20.5. The minimum atomic E-state index is -0.114. The molecule has 2 N–H and O–H groups in total. The number of nitrogens with one attached hydrogen (secondary N) is 2. The third-order valence-electron chi connectivity index (χ3n) is 5.89. The molecule has 1 amide bonds. The van der Waals surface area contributed by atoms with Crippen molar-refractivity contribution in [3.05, 3.63) is 35.5 Å². The molecule has 5 heteroatoms. The molecule has 1 spiro atoms. The first-order chi connectivity index (χ1) is 12.2. The van der Waals surface area contributed by atoms with Gasteiger partial charge in [-0.05, 0) is 62.0 Å². The SMILES string of the molecule is COCc1ccc2[nH]cc(CN3CCCC4(CCNCC4)C3=O)c2c1. The molecule has 2 aromatic rings. The minimum Gasteiger partial charge on any atom is -0.380 e. The van der Waals surface area contributed by atoms with Gasteiger partial charge in [0.1, 0.15) is 0 Å². The first-order valence-corrected chi connectivity index (χ1v) is 9.30. The van der Waals surface area contributed by atoms with Crippen molar-refractivity contribution in [2.75, 3.05) is 26.7 Å². The van der Waals surface area contributed by atoms with Crippen molar-refractivity contribution < 1.29 is 9.53 Å². The van der Waals surface area contributed by atoms with Gasteiger partial charge < -0.3 is 19.9 Å². The number of aromatic amines is 1. The molecule has 2 fully saturated rings. The van der Waals surface area contributed by atoms with Crippen molar-refractivity contribution in [3.8, 4) is 0 Å². The Kier molecular flexibility index (Phi) is 4.52. The van der Waals surface area contributed by atoms with E-state index in [9.17, 15) is 4.79 Å². The number of methoxy groups -OCH3 is 1. The third kappa shape index (κ3) is 3.07. The van der Waals surface area contributed by atoms with E-state index in [1.54, 1.807) is 7.11 Å². The molecule has 0 unspecified atom stereocenters. The fourth-order valence-electron chi connectivity index (χ4n) is 4.49. The summed E-state index contributed by atoms with van der Waals surface area (Å²) >= 11 is 0. The molecule has 0 saturated carbocycles. The highest BCUT2D eigenvalue weighted by molar-refractivity contribution is 5.86. The summed E-state index contributed by atoms with van der Waals surface area (Å²) < 4.78 is 5.25. The van der Waals surface area contributed by atoms with Crippen LogP contribution in [0.25, 0.3) is 10.9 Å². The number of fused-ring (bicyclic) bond motifs is 1. The van der Waals surface area contributed by atoms with Crippen molar-refractivity contribution in [1.29, 1.82) is 0 Å². The van der Waals surface area contributed by atoms with E-state index in [0.29, 0.717) is 19.1 Å². The largest absolute Gasteiger partial charge is 0.380 e. The van der Waals surface area contributed by atoms with Gasteiger partial charge in [0.05, 0.1) is 12.0 Å². The summed E-state index contributed by atoms with van der Waals surface area (Å²) in [6.07, 6.45) is 6.18. The van der Waals surface area contributed by atoms with Crippen LogP contribution in [0.3, 0.4) is 0 Å². The fourth-order valence-corrected chi connectivity index (χ4v) is 4.49. The highest BCUT2D eigenvalue weighted by Gasteiger charge is 2.44. The van der Waals surface area contributed by atoms with Crippen molar-refractivity contribution in [2.45, 2.75) is 38.8 Å². The van der Waals surface area contributed by atoms with Gasteiger partial charge in [-0.2, -0.15) is 0 Å². The van der Waals surface area contributed by atoms with Gasteiger partial charge in [0.15, 0.2) is 0 Å². The highest BCUT2D eigenvalue weighted by Crippen LogP contribution is 2.40. The first kappa shape index (κ1) is 16.6. The molecule has 0 radical (unpaired) electrons. The lowest BCUT2D eigenvalue weighted by Crippen LogP contribution is -2.52. The number of hydrogen-bond acceptors (Lipinski definition) is 3. The molecule has 134 valence electrons. The van der Waals surface area contributed by atoms with Crippen LogP contribution in [0.4, 0.5) is 0 Å². The van der Waals surface area contributed by atoms with E-state index in [1.165, 1.54) is 10.9 Å². The molecular weight excluding hydrogens is 314 g/mol. The number of hydrogen-bond donors (Lipinski definition) is 2. The van der Waals surface area contributed by atoms with Gasteiger partial charge in [0.2, 0.25) is 5.91 Å². The van der Waals surface area contributed by atoms with Crippen LogP contribution in [0.5, 0.6) is 0 Å². The number of carbonyl (C=O) groups excluding carboxylic acids is 1. The zero-order valence-electron chi connectivity index (χ0n) is 14.9. The molecule has 1 aromatic heterocycles. The number of aromatic nitrogens is 1. The number of carbonyl (C=O) groups is 1. The van der Waals surface area contributed by atoms with Crippen LogP contribution in [-0.2, 0) is 22.7 Å². The summed E-state index contributed by atoms with van der Waals surface area (Å²) in [5, 5.41) is 4.59. The fraction of sp³-hybridized carbons (Fsp3) is 0.550. The predicted molar refractivity (Wildman–Crippen MR) is 98.2 cm³/mol. The Morgan fingerprint density at radius 1 is 1.24 bits per heavy atom. The smallest absolute Gasteiger partial charge is 0.229 e. The van der Waals surface area contributed by atoms with E-state index in [0.717, 1.165) is 56.4 Å². The molecule has 2 aliphatic rings. The number of rotatable bonds is 4.